The summed E-state index contributed by atoms with van der Waals surface area (Å²) in [5.41, 5.74) is 2.00. The lowest BCUT2D eigenvalue weighted by atomic mass is 9.74. The highest BCUT2D eigenvalue weighted by Gasteiger charge is 2.36. The summed E-state index contributed by atoms with van der Waals surface area (Å²) in [6.07, 6.45) is 2.06. The maximum absolute atomic E-state index is 12.1. The van der Waals surface area contributed by atoms with Gasteiger partial charge >= 0.3 is 5.97 Å². The van der Waals surface area contributed by atoms with E-state index in [1.807, 2.05) is 12.0 Å². The van der Waals surface area contributed by atoms with E-state index >= 15 is 0 Å². The van der Waals surface area contributed by atoms with Gasteiger partial charge in [-0.2, -0.15) is 0 Å². The number of carbonyl (C=O) groups excluding carboxylic acids is 2. The van der Waals surface area contributed by atoms with Crippen LogP contribution in [0.1, 0.15) is 24.8 Å². The Balaban J connectivity index is 2.57. The Hall–Kier alpha value is -1.54. The van der Waals surface area contributed by atoms with Crippen molar-refractivity contribution in [1.29, 1.82) is 0 Å². The van der Waals surface area contributed by atoms with Crippen molar-refractivity contribution < 1.29 is 14.3 Å². The van der Waals surface area contributed by atoms with E-state index in [1.165, 1.54) is 7.11 Å². The smallest absolute Gasteiger partial charge is 0.313 e. The Morgan fingerprint density at radius 3 is 2.71 bits per heavy atom. The molecule has 0 bridgehead atoms. The lowest BCUT2D eigenvalue weighted by Gasteiger charge is -2.30. The summed E-state index contributed by atoms with van der Waals surface area (Å²) in [5, 5.41) is 0.819. The predicted molar refractivity (Wildman–Crippen MR) is 82.3 cm³/mol. The summed E-state index contributed by atoms with van der Waals surface area (Å²) in [6.45, 7) is 1.80. The number of hydrogen-bond donors (Lipinski definition) is 0. The lowest BCUT2D eigenvalue weighted by molar-refractivity contribution is -0.144. The molecule has 0 aromatic heterocycles. The monoisotopic (exact) mass is 324 g/mol. The van der Waals surface area contributed by atoms with E-state index in [9.17, 15) is 9.59 Å². The molecule has 0 spiro atoms. The first-order chi connectivity index (χ1) is 9.99. The highest BCUT2D eigenvalue weighted by molar-refractivity contribution is 6.42. The Morgan fingerprint density at radius 2 is 2.10 bits per heavy atom. The van der Waals surface area contributed by atoms with Gasteiger partial charge in [0.25, 0.3) is 0 Å². The maximum atomic E-state index is 12.1. The third kappa shape index (κ3) is 3.06. The molecule has 1 aromatic rings. The minimum atomic E-state index is -0.483. The number of hydrogen-bond acceptors (Lipinski definition) is 3. The Bertz CT molecular complexity index is 657. The molecule has 0 amide bonds. The average Bonchev–Trinajstić information content (AvgIpc) is 2.48. The number of rotatable bonds is 2. The first-order valence-corrected chi connectivity index (χ1v) is 7.19. The molecule has 0 heterocycles. The quantitative estimate of drug-likeness (QED) is 0.610. The summed E-state index contributed by atoms with van der Waals surface area (Å²) in [5.74, 6) is 0.785. The third-order valence-electron chi connectivity index (χ3n) is 3.70. The van der Waals surface area contributed by atoms with E-state index in [0.717, 1.165) is 11.1 Å². The summed E-state index contributed by atoms with van der Waals surface area (Å²) >= 11 is 12.3. The first-order valence-electron chi connectivity index (χ1n) is 6.43. The van der Waals surface area contributed by atoms with Crippen LogP contribution in [0, 0.1) is 5.92 Å². The van der Waals surface area contributed by atoms with Crippen molar-refractivity contribution in [3.63, 3.8) is 0 Å². The Labute approximate surface area is 133 Å². The number of carbonyl (C=O) groups is 1. The van der Waals surface area contributed by atoms with Crippen molar-refractivity contribution >= 4 is 35.1 Å². The van der Waals surface area contributed by atoms with Gasteiger partial charge in [0, 0.05) is 11.5 Å². The molecule has 2 atom stereocenters. The zero-order valence-electron chi connectivity index (χ0n) is 11.7. The van der Waals surface area contributed by atoms with Crippen molar-refractivity contribution in [2.24, 2.45) is 5.92 Å². The lowest BCUT2D eigenvalue weighted by Crippen LogP contribution is -2.28. The number of esters is 1. The molecule has 0 saturated carbocycles. The molecule has 0 N–H and O–H groups in total. The fourth-order valence-electron chi connectivity index (χ4n) is 2.74. The van der Waals surface area contributed by atoms with E-state index < -0.39 is 5.92 Å². The van der Waals surface area contributed by atoms with Crippen LogP contribution in [-0.4, -0.2) is 19.0 Å². The van der Waals surface area contributed by atoms with Crippen LogP contribution >= 0.6 is 23.2 Å². The molecule has 3 nitrogen and oxygen atoms in total. The summed E-state index contributed by atoms with van der Waals surface area (Å²) < 4.78 is 4.89. The molecule has 0 radical (unpaired) electrons. The number of ether oxygens (including phenoxy) is 1. The van der Waals surface area contributed by atoms with Crippen molar-refractivity contribution in [1.82, 2.24) is 0 Å². The fourth-order valence-corrected chi connectivity index (χ4v) is 3.19. The molecule has 2 rings (SSSR count). The third-order valence-corrected chi connectivity index (χ3v) is 4.54. The van der Waals surface area contributed by atoms with Crippen LogP contribution < -0.4 is 0 Å². The average molecular weight is 325 g/mol. The molecular weight excluding hydrogens is 311 g/mol. The fraction of sp³-hybridized carbons (Fsp3) is 0.312. The van der Waals surface area contributed by atoms with Gasteiger partial charge in [0.15, 0.2) is 0 Å². The Kier molecular flexibility index (Phi) is 4.89. The second kappa shape index (κ2) is 6.48. The van der Waals surface area contributed by atoms with E-state index in [2.05, 4.69) is 0 Å². The van der Waals surface area contributed by atoms with Crippen LogP contribution in [0.25, 0.3) is 0 Å². The molecule has 1 aromatic carbocycles. The van der Waals surface area contributed by atoms with Gasteiger partial charge in [-0.15, -0.1) is 0 Å². The second-order valence-corrected chi connectivity index (χ2v) is 5.76. The van der Waals surface area contributed by atoms with E-state index in [0.29, 0.717) is 22.0 Å². The van der Waals surface area contributed by atoms with Crippen LogP contribution in [0.3, 0.4) is 0 Å². The minimum absolute atomic E-state index is 0.287. The van der Waals surface area contributed by atoms with Crippen LogP contribution in [0.4, 0.5) is 0 Å². The Morgan fingerprint density at radius 1 is 1.38 bits per heavy atom. The van der Waals surface area contributed by atoms with Crippen molar-refractivity contribution in [3.05, 3.63) is 51.0 Å². The number of methoxy groups -OCH3 is 1. The molecule has 0 unspecified atom stereocenters. The zero-order valence-corrected chi connectivity index (χ0v) is 13.2. The minimum Gasteiger partial charge on any atom is -0.469 e. The molecular formula is C16H14Cl2O3. The van der Waals surface area contributed by atoms with Crippen molar-refractivity contribution in [3.8, 4) is 0 Å². The van der Waals surface area contributed by atoms with E-state index in [4.69, 9.17) is 27.9 Å². The SMILES string of the molecule is COC(=O)[C@@H]1C(C)=CC(=C=O)C[C@@H]1c1cccc(Cl)c1Cl. The molecule has 1 aliphatic rings. The molecule has 5 heteroatoms. The van der Waals surface area contributed by atoms with Crippen molar-refractivity contribution in [2.75, 3.05) is 7.11 Å². The standard InChI is InChI=1S/C16H14Cl2O3/c1-9-6-10(8-19)7-12(14(9)16(20)21-2)11-4-3-5-13(17)15(11)18/h3-6,12,14H,7H2,1-2H3/t12-,14-/m1/s1. The summed E-state index contributed by atoms with van der Waals surface area (Å²) in [7, 11) is 1.34. The molecule has 0 aliphatic heterocycles. The van der Waals surface area contributed by atoms with Gasteiger partial charge in [-0.1, -0.05) is 40.9 Å². The molecule has 110 valence electrons. The number of halogens is 2. The number of benzene rings is 1. The normalized spacial score (nSPS) is 21.5. The van der Waals surface area contributed by atoms with Crippen LogP contribution in [0.15, 0.2) is 35.4 Å². The van der Waals surface area contributed by atoms with Gasteiger partial charge in [0.1, 0.15) is 5.94 Å². The molecule has 0 fully saturated rings. The second-order valence-electron chi connectivity index (χ2n) is 4.97. The van der Waals surface area contributed by atoms with Gasteiger partial charge in [-0.05, 0) is 31.1 Å². The van der Waals surface area contributed by atoms with Crippen LogP contribution in [0.5, 0.6) is 0 Å². The summed E-state index contributed by atoms with van der Waals surface area (Å²) in [4.78, 5) is 23.1. The van der Waals surface area contributed by atoms with E-state index in [1.54, 1.807) is 25.1 Å². The highest BCUT2D eigenvalue weighted by Crippen LogP contribution is 2.44. The van der Waals surface area contributed by atoms with Gasteiger partial charge in [-0.25, -0.2) is 4.79 Å². The topological polar surface area (TPSA) is 43.4 Å². The summed E-state index contributed by atoms with van der Waals surface area (Å²) in [6, 6.07) is 5.27. The first kappa shape index (κ1) is 15.8. The molecule has 0 saturated heterocycles. The van der Waals surface area contributed by atoms with Gasteiger partial charge in [0.2, 0.25) is 0 Å². The zero-order chi connectivity index (χ0) is 15.6. The van der Waals surface area contributed by atoms with E-state index in [-0.39, 0.29) is 11.9 Å². The predicted octanol–water partition coefficient (Wildman–Crippen LogP) is 3.97. The van der Waals surface area contributed by atoms with Gasteiger partial charge in [0.05, 0.1) is 23.1 Å². The van der Waals surface area contributed by atoms with Crippen LogP contribution in [-0.2, 0) is 14.3 Å². The maximum Gasteiger partial charge on any atom is 0.313 e. The van der Waals surface area contributed by atoms with Gasteiger partial charge in [-0.3, -0.25) is 4.79 Å². The van der Waals surface area contributed by atoms with Gasteiger partial charge < -0.3 is 4.74 Å². The number of allylic oxidation sites excluding steroid dienone is 2. The molecule has 1 aliphatic carbocycles. The largest absolute Gasteiger partial charge is 0.469 e. The highest BCUT2D eigenvalue weighted by atomic mass is 35.5. The van der Waals surface area contributed by atoms with Crippen molar-refractivity contribution in [2.45, 2.75) is 19.3 Å². The molecule has 21 heavy (non-hydrogen) atoms. The van der Waals surface area contributed by atoms with Crippen LogP contribution in [0.2, 0.25) is 10.0 Å².